The SMILES string of the molecule is Cc1c(Cl)cccc1NC(=O)Oc1ccc(F)cc1Cl. The zero-order valence-corrected chi connectivity index (χ0v) is 11.9. The van der Waals surface area contributed by atoms with E-state index in [9.17, 15) is 9.18 Å². The molecule has 0 bridgehead atoms. The van der Waals surface area contributed by atoms with Crippen LogP contribution in [0.1, 0.15) is 5.56 Å². The lowest BCUT2D eigenvalue weighted by atomic mass is 10.2. The van der Waals surface area contributed by atoms with Crippen LogP contribution in [0.4, 0.5) is 14.9 Å². The second-order valence-corrected chi connectivity index (χ2v) is 4.82. The first-order valence-electron chi connectivity index (χ1n) is 5.66. The highest BCUT2D eigenvalue weighted by Crippen LogP contribution is 2.26. The van der Waals surface area contributed by atoms with E-state index in [1.54, 1.807) is 25.1 Å². The number of carbonyl (C=O) groups is 1. The van der Waals surface area contributed by atoms with Crippen LogP contribution in [-0.2, 0) is 0 Å². The predicted octanol–water partition coefficient (Wildman–Crippen LogP) is 5.05. The molecule has 104 valence electrons. The van der Waals surface area contributed by atoms with Gasteiger partial charge in [-0.3, -0.25) is 5.32 Å². The van der Waals surface area contributed by atoms with Crippen molar-refractivity contribution in [2.24, 2.45) is 0 Å². The molecule has 2 aromatic carbocycles. The molecule has 0 spiro atoms. The maximum absolute atomic E-state index is 12.9. The van der Waals surface area contributed by atoms with Crippen LogP contribution in [0.3, 0.4) is 0 Å². The molecule has 0 aromatic heterocycles. The molecule has 0 aliphatic carbocycles. The van der Waals surface area contributed by atoms with Gasteiger partial charge in [-0.1, -0.05) is 29.3 Å². The Bertz CT molecular complexity index is 662. The lowest BCUT2D eigenvalue weighted by Crippen LogP contribution is -2.17. The fourth-order valence-electron chi connectivity index (χ4n) is 1.54. The van der Waals surface area contributed by atoms with Gasteiger partial charge in [0.05, 0.1) is 5.02 Å². The first kappa shape index (κ1) is 14.6. The average Bonchev–Trinajstić information content (AvgIpc) is 2.38. The fraction of sp³-hybridized carbons (Fsp3) is 0.0714. The number of amides is 1. The van der Waals surface area contributed by atoms with Gasteiger partial charge in [0.15, 0.2) is 5.75 Å². The Morgan fingerprint density at radius 3 is 2.65 bits per heavy atom. The van der Waals surface area contributed by atoms with Crippen LogP contribution in [0.5, 0.6) is 5.75 Å². The van der Waals surface area contributed by atoms with Crippen LogP contribution < -0.4 is 10.1 Å². The van der Waals surface area contributed by atoms with E-state index in [4.69, 9.17) is 27.9 Å². The summed E-state index contributed by atoms with van der Waals surface area (Å²) in [6.07, 6.45) is -0.733. The molecule has 2 aromatic rings. The number of rotatable bonds is 2. The van der Waals surface area contributed by atoms with Crippen molar-refractivity contribution in [3.8, 4) is 5.75 Å². The minimum absolute atomic E-state index is 0.0166. The molecular weight excluding hydrogens is 304 g/mol. The Morgan fingerprint density at radius 2 is 1.95 bits per heavy atom. The summed E-state index contributed by atoms with van der Waals surface area (Å²) >= 11 is 11.7. The summed E-state index contributed by atoms with van der Waals surface area (Å²) < 4.78 is 17.9. The summed E-state index contributed by atoms with van der Waals surface area (Å²) in [5, 5.41) is 3.09. The summed E-state index contributed by atoms with van der Waals surface area (Å²) in [5.41, 5.74) is 1.25. The predicted molar refractivity (Wildman–Crippen MR) is 77.2 cm³/mol. The van der Waals surface area contributed by atoms with E-state index in [1.807, 2.05) is 0 Å². The highest BCUT2D eigenvalue weighted by Gasteiger charge is 2.11. The van der Waals surface area contributed by atoms with Crippen LogP contribution in [0.2, 0.25) is 10.0 Å². The van der Waals surface area contributed by atoms with E-state index in [1.165, 1.54) is 6.07 Å². The summed E-state index contributed by atoms with van der Waals surface area (Å²) in [4.78, 5) is 11.8. The van der Waals surface area contributed by atoms with Crippen molar-refractivity contribution < 1.29 is 13.9 Å². The maximum Gasteiger partial charge on any atom is 0.417 e. The second kappa shape index (κ2) is 6.11. The van der Waals surface area contributed by atoms with Gasteiger partial charge in [-0.2, -0.15) is 0 Å². The molecule has 0 saturated carbocycles. The molecule has 6 heteroatoms. The molecule has 0 atom stereocenters. The van der Waals surface area contributed by atoms with Crippen molar-refractivity contribution in [2.75, 3.05) is 5.32 Å². The number of anilines is 1. The van der Waals surface area contributed by atoms with Gasteiger partial charge in [-0.25, -0.2) is 9.18 Å². The second-order valence-electron chi connectivity index (χ2n) is 4.00. The van der Waals surface area contributed by atoms with Crippen molar-refractivity contribution in [3.05, 3.63) is 57.8 Å². The van der Waals surface area contributed by atoms with Crippen LogP contribution >= 0.6 is 23.2 Å². The van der Waals surface area contributed by atoms with E-state index in [2.05, 4.69) is 5.32 Å². The van der Waals surface area contributed by atoms with Crippen molar-refractivity contribution in [2.45, 2.75) is 6.92 Å². The number of nitrogens with one attached hydrogen (secondary N) is 1. The molecule has 0 heterocycles. The number of hydrogen-bond donors (Lipinski definition) is 1. The van der Waals surface area contributed by atoms with E-state index in [-0.39, 0.29) is 10.8 Å². The normalized spacial score (nSPS) is 10.2. The van der Waals surface area contributed by atoms with Crippen LogP contribution in [0.25, 0.3) is 0 Å². The van der Waals surface area contributed by atoms with Gasteiger partial charge in [-0.05, 0) is 42.8 Å². The number of carbonyl (C=O) groups excluding carboxylic acids is 1. The minimum Gasteiger partial charge on any atom is -0.408 e. The highest BCUT2D eigenvalue weighted by atomic mass is 35.5. The molecule has 1 amide bonds. The Balaban J connectivity index is 2.11. The molecule has 0 aliphatic rings. The molecule has 0 unspecified atom stereocenters. The Hall–Kier alpha value is -1.78. The fourth-order valence-corrected chi connectivity index (χ4v) is 1.92. The zero-order valence-electron chi connectivity index (χ0n) is 10.4. The molecule has 3 nitrogen and oxygen atoms in total. The van der Waals surface area contributed by atoms with Gasteiger partial charge >= 0.3 is 6.09 Å². The minimum atomic E-state index is -0.733. The van der Waals surface area contributed by atoms with Gasteiger partial charge in [-0.15, -0.1) is 0 Å². The summed E-state index contributed by atoms with van der Waals surface area (Å²) in [7, 11) is 0. The molecule has 20 heavy (non-hydrogen) atoms. The third-order valence-electron chi connectivity index (χ3n) is 2.60. The average molecular weight is 314 g/mol. The smallest absolute Gasteiger partial charge is 0.408 e. The summed E-state index contributed by atoms with van der Waals surface area (Å²) in [6.45, 7) is 1.77. The number of ether oxygens (including phenoxy) is 1. The van der Waals surface area contributed by atoms with E-state index < -0.39 is 11.9 Å². The van der Waals surface area contributed by atoms with Crippen molar-refractivity contribution in [1.82, 2.24) is 0 Å². The van der Waals surface area contributed by atoms with Crippen molar-refractivity contribution >= 4 is 35.0 Å². The number of hydrogen-bond acceptors (Lipinski definition) is 2. The number of benzene rings is 2. The van der Waals surface area contributed by atoms with Gasteiger partial charge in [0, 0.05) is 10.7 Å². The first-order valence-corrected chi connectivity index (χ1v) is 6.42. The van der Waals surface area contributed by atoms with E-state index in [0.29, 0.717) is 10.7 Å². The number of halogens is 3. The molecule has 2 rings (SSSR count). The van der Waals surface area contributed by atoms with Gasteiger partial charge in [0.25, 0.3) is 0 Å². The Labute approximate surface area is 125 Å². The quantitative estimate of drug-likeness (QED) is 0.842. The molecule has 0 fully saturated rings. The molecule has 0 saturated heterocycles. The van der Waals surface area contributed by atoms with Crippen LogP contribution in [0.15, 0.2) is 36.4 Å². The third kappa shape index (κ3) is 3.40. The lowest BCUT2D eigenvalue weighted by molar-refractivity contribution is 0.215. The lowest BCUT2D eigenvalue weighted by Gasteiger charge is -2.10. The van der Waals surface area contributed by atoms with E-state index >= 15 is 0 Å². The largest absolute Gasteiger partial charge is 0.417 e. The van der Waals surface area contributed by atoms with Gasteiger partial charge in [0.1, 0.15) is 5.82 Å². The molecule has 1 N–H and O–H groups in total. The zero-order chi connectivity index (χ0) is 14.7. The first-order chi connectivity index (χ1) is 9.47. The van der Waals surface area contributed by atoms with Crippen LogP contribution in [0, 0.1) is 12.7 Å². The molecule has 0 radical (unpaired) electrons. The van der Waals surface area contributed by atoms with E-state index in [0.717, 1.165) is 17.7 Å². The van der Waals surface area contributed by atoms with Gasteiger partial charge in [0.2, 0.25) is 0 Å². The Morgan fingerprint density at radius 1 is 1.20 bits per heavy atom. The van der Waals surface area contributed by atoms with Crippen molar-refractivity contribution in [1.29, 1.82) is 0 Å². The standard InChI is InChI=1S/C14H10Cl2FNO2/c1-8-10(15)3-2-4-12(8)18-14(19)20-13-6-5-9(17)7-11(13)16/h2-7H,1H3,(H,18,19). The van der Waals surface area contributed by atoms with Gasteiger partial charge < -0.3 is 4.74 Å². The van der Waals surface area contributed by atoms with Crippen molar-refractivity contribution in [3.63, 3.8) is 0 Å². The topological polar surface area (TPSA) is 38.3 Å². The Kier molecular flexibility index (Phi) is 4.47. The van der Waals surface area contributed by atoms with Crippen LogP contribution in [-0.4, -0.2) is 6.09 Å². The highest BCUT2D eigenvalue weighted by molar-refractivity contribution is 6.32. The summed E-state index contributed by atoms with van der Waals surface area (Å²) in [5.74, 6) is -0.432. The summed E-state index contributed by atoms with van der Waals surface area (Å²) in [6, 6.07) is 8.60. The maximum atomic E-state index is 12.9. The third-order valence-corrected chi connectivity index (χ3v) is 3.31. The monoisotopic (exact) mass is 313 g/mol. The molecule has 0 aliphatic heterocycles. The molecular formula is C14H10Cl2FNO2.